The second-order valence-electron chi connectivity index (χ2n) is 9.76. The Labute approximate surface area is 241 Å². The molecule has 2 atom stereocenters. The van der Waals surface area contributed by atoms with Crippen LogP contribution in [0.25, 0.3) is 0 Å². The van der Waals surface area contributed by atoms with Gasteiger partial charge in [-0.25, -0.2) is 0 Å². The number of alkyl halides is 3. The summed E-state index contributed by atoms with van der Waals surface area (Å²) < 4.78 is 43.6. The predicted molar refractivity (Wildman–Crippen MR) is 160 cm³/mol. The van der Waals surface area contributed by atoms with E-state index in [1.54, 1.807) is 12.0 Å². The molecular weight excluding hydrogens is 515 g/mol. The van der Waals surface area contributed by atoms with Crippen LogP contribution < -0.4 is 5.32 Å². The lowest BCUT2D eigenvalue weighted by atomic mass is 10.00. The number of amides is 1. The monoisotopic (exact) mass is 569 g/mol. The third kappa shape index (κ3) is 12.9. The Bertz CT molecular complexity index is 881. The van der Waals surface area contributed by atoms with Crippen LogP contribution in [-0.2, 0) is 28.7 Å². The summed E-state index contributed by atoms with van der Waals surface area (Å²) in [6, 6.07) is 1.49. The highest BCUT2D eigenvalue weighted by Crippen LogP contribution is 2.32. The Hall–Kier alpha value is -2.35. The molecule has 0 bridgehead atoms. The summed E-state index contributed by atoms with van der Waals surface area (Å²) in [6.45, 7) is 15.5. The van der Waals surface area contributed by atoms with Gasteiger partial charge >= 0.3 is 6.18 Å². The van der Waals surface area contributed by atoms with E-state index in [0.717, 1.165) is 56.5 Å². The summed E-state index contributed by atoms with van der Waals surface area (Å²) in [4.78, 5) is 18.2. The van der Waals surface area contributed by atoms with Gasteiger partial charge in [-0.15, -0.1) is 0 Å². The van der Waals surface area contributed by atoms with Crippen molar-refractivity contribution >= 4 is 5.91 Å². The predicted octanol–water partition coefficient (Wildman–Crippen LogP) is 8.49. The van der Waals surface area contributed by atoms with Gasteiger partial charge in [0.2, 0.25) is 5.91 Å². The maximum absolute atomic E-state index is 12.8. The largest absolute Gasteiger partial charge is 0.501 e. The van der Waals surface area contributed by atoms with Crippen molar-refractivity contribution in [2.45, 2.75) is 119 Å². The number of aromatic nitrogens is 1. The van der Waals surface area contributed by atoms with Gasteiger partial charge in [-0.05, 0) is 56.9 Å². The molecule has 1 aromatic rings. The Kier molecular flexibility index (Phi) is 19.3. The molecular formula is C32H54F3N3O2. The number of ether oxygens (including phenoxy) is 1. The smallest absolute Gasteiger partial charge is 0.417 e. The SMILES string of the molecule is CC.CCC.CCC(=C/C=C(\CC)OC)CC.CNC1CCC(C(=O)N2CCc3ncc(C(F)(F)F)cc3C2)C1. The van der Waals surface area contributed by atoms with E-state index < -0.39 is 11.7 Å². The lowest BCUT2D eigenvalue weighted by Crippen LogP contribution is -2.40. The van der Waals surface area contributed by atoms with Crippen LogP contribution in [-0.4, -0.2) is 42.5 Å². The van der Waals surface area contributed by atoms with Gasteiger partial charge in [0.15, 0.2) is 0 Å². The van der Waals surface area contributed by atoms with E-state index in [-0.39, 0.29) is 18.4 Å². The number of carbonyl (C=O) groups excluding carboxylic acids is 1. The molecule has 0 spiro atoms. The molecule has 40 heavy (non-hydrogen) atoms. The first-order chi connectivity index (χ1) is 19.1. The lowest BCUT2D eigenvalue weighted by Gasteiger charge is -2.30. The zero-order valence-corrected chi connectivity index (χ0v) is 26.4. The van der Waals surface area contributed by atoms with Gasteiger partial charge < -0.3 is 15.0 Å². The number of allylic oxidation sites excluding steroid dienone is 4. The number of pyridine rings is 1. The molecule has 2 heterocycles. The maximum Gasteiger partial charge on any atom is 0.417 e. The van der Waals surface area contributed by atoms with Gasteiger partial charge in [0.05, 0.1) is 18.4 Å². The number of hydrogen-bond donors (Lipinski definition) is 1. The fourth-order valence-electron chi connectivity index (χ4n) is 4.52. The Morgan fingerprint density at radius 3 is 2.20 bits per heavy atom. The lowest BCUT2D eigenvalue weighted by molar-refractivity contribution is -0.137. The molecule has 5 nitrogen and oxygen atoms in total. The second kappa shape index (κ2) is 20.5. The molecule has 1 aromatic heterocycles. The molecule has 1 aliphatic carbocycles. The minimum atomic E-state index is -4.40. The van der Waals surface area contributed by atoms with E-state index >= 15 is 0 Å². The van der Waals surface area contributed by atoms with E-state index in [4.69, 9.17) is 4.74 Å². The molecule has 3 rings (SSSR count). The Balaban J connectivity index is 0.000000758. The highest BCUT2D eigenvalue weighted by atomic mass is 19.4. The van der Waals surface area contributed by atoms with Crippen LogP contribution >= 0.6 is 0 Å². The molecule has 0 saturated heterocycles. The highest BCUT2D eigenvalue weighted by molar-refractivity contribution is 5.79. The molecule has 1 fully saturated rings. The molecule has 230 valence electrons. The first-order valence-corrected chi connectivity index (χ1v) is 15.0. The molecule has 2 unspecified atom stereocenters. The summed E-state index contributed by atoms with van der Waals surface area (Å²) >= 11 is 0. The van der Waals surface area contributed by atoms with Gasteiger partial charge in [-0.3, -0.25) is 9.78 Å². The summed E-state index contributed by atoms with van der Waals surface area (Å²) in [7, 11) is 3.61. The van der Waals surface area contributed by atoms with E-state index in [2.05, 4.69) is 57.1 Å². The summed E-state index contributed by atoms with van der Waals surface area (Å²) in [5.41, 5.74) is 1.91. The number of carbonyl (C=O) groups is 1. The van der Waals surface area contributed by atoms with Crippen molar-refractivity contribution in [2.24, 2.45) is 5.92 Å². The first kappa shape index (κ1) is 37.6. The van der Waals surface area contributed by atoms with Crippen LogP contribution in [0.2, 0.25) is 0 Å². The summed E-state index contributed by atoms with van der Waals surface area (Å²) in [5.74, 6) is 1.09. The standard InChI is InChI=1S/C16H20F3N3O.C11H20O.C3H8.C2H6/c1-20-13-3-2-10(7-13)15(23)22-5-4-14-11(9-22)6-12(8-21-14)16(17,18)19;1-5-10(6-2)8-9-11(7-3)12-4;1-3-2;1-2/h6,8,10,13,20H,2-5,7,9H2,1H3;8-9H,5-7H2,1-4H3;3H2,1-2H3;1-2H3/b;11-9+;;. The topological polar surface area (TPSA) is 54.5 Å². The third-order valence-corrected chi connectivity index (χ3v) is 6.89. The summed E-state index contributed by atoms with van der Waals surface area (Å²) in [5, 5.41) is 3.19. The third-order valence-electron chi connectivity index (χ3n) is 6.89. The molecule has 1 amide bonds. The number of rotatable bonds is 7. The number of nitrogens with zero attached hydrogens (tertiary/aromatic N) is 2. The van der Waals surface area contributed by atoms with Gasteiger partial charge in [-0.2, -0.15) is 13.2 Å². The minimum Gasteiger partial charge on any atom is -0.501 e. The normalized spacial score (nSPS) is 18.1. The Morgan fingerprint density at radius 2 is 1.73 bits per heavy atom. The van der Waals surface area contributed by atoms with Gasteiger partial charge in [0, 0.05) is 49.8 Å². The van der Waals surface area contributed by atoms with Gasteiger partial charge in [-0.1, -0.05) is 66.5 Å². The van der Waals surface area contributed by atoms with Crippen LogP contribution in [0.15, 0.2) is 35.7 Å². The van der Waals surface area contributed by atoms with Crippen LogP contribution in [0.4, 0.5) is 13.2 Å². The van der Waals surface area contributed by atoms with Crippen LogP contribution in [0.5, 0.6) is 0 Å². The van der Waals surface area contributed by atoms with Crippen molar-refractivity contribution in [2.75, 3.05) is 20.7 Å². The van der Waals surface area contributed by atoms with E-state index in [0.29, 0.717) is 30.3 Å². The first-order valence-electron chi connectivity index (χ1n) is 15.0. The quantitative estimate of drug-likeness (QED) is 0.264. The molecule has 2 aliphatic rings. The number of halogens is 3. The molecule has 1 saturated carbocycles. The summed E-state index contributed by atoms with van der Waals surface area (Å²) in [6.07, 6.45) is 8.33. The van der Waals surface area contributed by atoms with Crippen molar-refractivity contribution in [3.63, 3.8) is 0 Å². The number of methoxy groups -OCH3 is 1. The average Bonchev–Trinajstić information content (AvgIpc) is 3.45. The van der Waals surface area contributed by atoms with Crippen molar-refractivity contribution in [3.05, 3.63) is 52.6 Å². The van der Waals surface area contributed by atoms with E-state index in [1.165, 1.54) is 12.0 Å². The van der Waals surface area contributed by atoms with Crippen molar-refractivity contribution < 1.29 is 22.7 Å². The van der Waals surface area contributed by atoms with Crippen LogP contribution in [0.1, 0.15) is 110 Å². The number of fused-ring (bicyclic) bond motifs is 1. The van der Waals surface area contributed by atoms with E-state index in [9.17, 15) is 18.0 Å². The molecule has 1 aliphatic heterocycles. The van der Waals surface area contributed by atoms with Gasteiger partial charge in [0.25, 0.3) is 0 Å². The minimum absolute atomic E-state index is 0.0206. The van der Waals surface area contributed by atoms with Crippen molar-refractivity contribution in [1.82, 2.24) is 15.2 Å². The zero-order valence-electron chi connectivity index (χ0n) is 26.4. The zero-order chi connectivity index (χ0) is 30.7. The molecule has 0 radical (unpaired) electrons. The average molecular weight is 570 g/mol. The second-order valence-corrected chi connectivity index (χ2v) is 9.76. The van der Waals surface area contributed by atoms with Crippen LogP contribution in [0, 0.1) is 5.92 Å². The van der Waals surface area contributed by atoms with E-state index in [1.807, 2.05) is 20.9 Å². The van der Waals surface area contributed by atoms with Crippen LogP contribution in [0.3, 0.4) is 0 Å². The van der Waals surface area contributed by atoms with Crippen molar-refractivity contribution in [3.8, 4) is 0 Å². The Morgan fingerprint density at radius 1 is 1.10 bits per heavy atom. The molecule has 8 heteroatoms. The van der Waals surface area contributed by atoms with Gasteiger partial charge in [0.1, 0.15) is 0 Å². The fraction of sp³-hybridized carbons (Fsp3) is 0.688. The highest BCUT2D eigenvalue weighted by Gasteiger charge is 2.35. The number of hydrogen-bond acceptors (Lipinski definition) is 4. The number of nitrogens with one attached hydrogen (secondary N) is 1. The fourth-order valence-corrected chi connectivity index (χ4v) is 4.52. The molecule has 0 aromatic carbocycles. The maximum atomic E-state index is 12.8. The molecule has 1 N–H and O–H groups in total. The van der Waals surface area contributed by atoms with Crippen molar-refractivity contribution in [1.29, 1.82) is 0 Å².